The number of benzene rings is 2. The Bertz CT molecular complexity index is 636. The molecule has 3 nitrogen and oxygen atoms in total. The van der Waals surface area contributed by atoms with Crippen molar-refractivity contribution in [3.63, 3.8) is 0 Å². The molecule has 2 aromatic rings. The number of aliphatic hydroxyl groups is 2. The Morgan fingerprint density at radius 1 is 1.00 bits per heavy atom. The highest BCUT2D eigenvalue weighted by atomic mass is 16.5. The Morgan fingerprint density at radius 3 is 2.45 bits per heavy atom. The van der Waals surface area contributed by atoms with E-state index in [1.165, 1.54) is 0 Å². The van der Waals surface area contributed by atoms with E-state index in [4.69, 9.17) is 9.84 Å². The first kappa shape index (κ1) is 15.0. The van der Waals surface area contributed by atoms with Gasteiger partial charge < -0.3 is 14.9 Å². The number of hydrogen-bond donors (Lipinski definition) is 2. The minimum atomic E-state index is -0.599. The summed E-state index contributed by atoms with van der Waals surface area (Å²) in [6.07, 6.45) is 3.43. The highest BCUT2D eigenvalue weighted by Gasteiger charge is 2.34. The molecule has 1 heterocycles. The molecule has 0 aliphatic carbocycles. The maximum Gasteiger partial charge on any atom is 0.107 e. The normalized spacial score (nSPS) is 24.9. The summed E-state index contributed by atoms with van der Waals surface area (Å²) in [5, 5.41) is 19.0. The second kappa shape index (κ2) is 6.88. The van der Waals surface area contributed by atoms with Crippen LogP contribution in [-0.2, 0) is 4.74 Å². The molecule has 3 heteroatoms. The highest BCUT2D eigenvalue weighted by molar-refractivity contribution is 5.69. The van der Waals surface area contributed by atoms with Crippen LogP contribution in [0.2, 0.25) is 0 Å². The van der Waals surface area contributed by atoms with Gasteiger partial charge in [-0.2, -0.15) is 0 Å². The maximum atomic E-state index is 9.84. The fourth-order valence-electron chi connectivity index (χ4n) is 2.73. The summed E-state index contributed by atoms with van der Waals surface area (Å²) in [4.78, 5) is 0. The first-order valence-electron chi connectivity index (χ1n) is 7.54. The highest BCUT2D eigenvalue weighted by Crippen LogP contribution is 2.33. The van der Waals surface area contributed by atoms with Crippen LogP contribution in [0.25, 0.3) is 12.2 Å². The summed E-state index contributed by atoms with van der Waals surface area (Å²) in [6.45, 7) is -0.148. The number of hydrogen-bond acceptors (Lipinski definition) is 3. The van der Waals surface area contributed by atoms with Crippen molar-refractivity contribution in [3.8, 4) is 0 Å². The Morgan fingerprint density at radius 2 is 1.73 bits per heavy atom. The molecule has 0 aromatic heterocycles. The molecule has 1 fully saturated rings. The van der Waals surface area contributed by atoms with Crippen molar-refractivity contribution in [2.24, 2.45) is 0 Å². The summed E-state index contributed by atoms with van der Waals surface area (Å²) in [5.41, 5.74) is 3.28. The Labute approximate surface area is 130 Å². The van der Waals surface area contributed by atoms with Crippen molar-refractivity contribution in [2.75, 3.05) is 6.61 Å². The van der Waals surface area contributed by atoms with E-state index in [9.17, 15) is 5.11 Å². The van der Waals surface area contributed by atoms with Gasteiger partial charge in [-0.15, -0.1) is 0 Å². The van der Waals surface area contributed by atoms with Gasteiger partial charge in [-0.1, -0.05) is 60.7 Å². The molecule has 0 unspecified atom stereocenters. The molecular formula is C19H20O3. The smallest absolute Gasteiger partial charge is 0.107 e. The van der Waals surface area contributed by atoms with Crippen LogP contribution in [0.1, 0.15) is 29.2 Å². The zero-order valence-corrected chi connectivity index (χ0v) is 12.3. The summed E-state index contributed by atoms with van der Waals surface area (Å²) >= 11 is 0. The zero-order chi connectivity index (χ0) is 15.4. The predicted octanol–water partition coefficient (Wildman–Crippen LogP) is 3.04. The third-order valence-corrected chi connectivity index (χ3v) is 3.95. The zero-order valence-electron chi connectivity index (χ0n) is 12.3. The van der Waals surface area contributed by atoms with Crippen LogP contribution in [0, 0.1) is 0 Å². The molecule has 1 aliphatic heterocycles. The minimum Gasteiger partial charge on any atom is -0.394 e. The van der Waals surface area contributed by atoms with Gasteiger partial charge in [-0.05, 0) is 22.8 Å². The second-order valence-electron chi connectivity index (χ2n) is 5.56. The molecule has 2 N–H and O–H groups in total. The van der Waals surface area contributed by atoms with E-state index in [0.717, 1.165) is 16.7 Å². The second-order valence-corrected chi connectivity index (χ2v) is 5.56. The lowest BCUT2D eigenvalue weighted by molar-refractivity contribution is -0.0225. The lowest BCUT2D eigenvalue weighted by Gasteiger charge is -2.12. The number of aliphatic hydroxyl groups excluding tert-OH is 2. The van der Waals surface area contributed by atoms with Crippen LogP contribution in [0.15, 0.2) is 54.6 Å². The van der Waals surface area contributed by atoms with Crippen LogP contribution in [0.3, 0.4) is 0 Å². The topological polar surface area (TPSA) is 49.7 Å². The molecule has 2 aromatic carbocycles. The van der Waals surface area contributed by atoms with Crippen molar-refractivity contribution in [1.82, 2.24) is 0 Å². The molecule has 0 amide bonds. The summed E-state index contributed by atoms with van der Waals surface area (Å²) in [7, 11) is 0. The molecular weight excluding hydrogens is 276 g/mol. The fraction of sp³-hybridized carbons (Fsp3) is 0.263. The van der Waals surface area contributed by atoms with Gasteiger partial charge in [-0.25, -0.2) is 0 Å². The Balaban J connectivity index is 1.75. The average Bonchev–Trinajstić information content (AvgIpc) is 2.95. The average molecular weight is 296 g/mol. The third-order valence-electron chi connectivity index (χ3n) is 3.95. The minimum absolute atomic E-state index is 0.148. The maximum absolute atomic E-state index is 9.84. The molecule has 1 aliphatic rings. The van der Waals surface area contributed by atoms with Crippen LogP contribution < -0.4 is 0 Å². The SMILES string of the molecule is OC[C@H]1O[C@@H](c2cccc(/C=C/c3ccccc3)c2)C[C@@H]1O. The van der Waals surface area contributed by atoms with Crippen LogP contribution in [0.4, 0.5) is 0 Å². The van der Waals surface area contributed by atoms with Gasteiger partial charge in [0.1, 0.15) is 6.10 Å². The van der Waals surface area contributed by atoms with Gasteiger partial charge in [0.25, 0.3) is 0 Å². The molecule has 0 spiro atoms. The van der Waals surface area contributed by atoms with E-state index in [-0.39, 0.29) is 12.7 Å². The largest absolute Gasteiger partial charge is 0.394 e. The van der Waals surface area contributed by atoms with Crippen LogP contribution in [-0.4, -0.2) is 29.0 Å². The van der Waals surface area contributed by atoms with E-state index in [1.807, 2.05) is 36.4 Å². The Kier molecular flexibility index (Phi) is 4.68. The van der Waals surface area contributed by atoms with Gasteiger partial charge in [0.15, 0.2) is 0 Å². The van der Waals surface area contributed by atoms with Gasteiger partial charge in [-0.3, -0.25) is 0 Å². The van der Waals surface area contributed by atoms with Gasteiger partial charge in [0, 0.05) is 6.42 Å². The summed E-state index contributed by atoms with van der Waals surface area (Å²) < 4.78 is 5.70. The number of rotatable bonds is 4. The van der Waals surface area contributed by atoms with Crippen molar-refractivity contribution >= 4 is 12.2 Å². The number of ether oxygens (including phenoxy) is 1. The van der Waals surface area contributed by atoms with E-state index in [2.05, 4.69) is 30.4 Å². The van der Waals surface area contributed by atoms with Crippen molar-refractivity contribution < 1.29 is 14.9 Å². The first-order chi connectivity index (χ1) is 10.8. The van der Waals surface area contributed by atoms with Crippen molar-refractivity contribution in [2.45, 2.75) is 24.7 Å². The molecule has 0 bridgehead atoms. The molecule has 3 atom stereocenters. The van der Waals surface area contributed by atoms with E-state index >= 15 is 0 Å². The molecule has 3 rings (SSSR count). The lowest BCUT2D eigenvalue weighted by atomic mass is 10.0. The van der Waals surface area contributed by atoms with E-state index in [1.54, 1.807) is 0 Å². The molecule has 0 radical (unpaired) electrons. The van der Waals surface area contributed by atoms with E-state index in [0.29, 0.717) is 6.42 Å². The monoisotopic (exact) mass is 296 g/mol. The lowest BCUT2D eigenvalue weighted by Crippen LogP contribution is -2.24. The molecule has 114 valence electrons. The third kappa shape index (κ3) is 3.45. The van der Waals surface area contributed by atoms with Crippen LogP contribution in [0.5, 0.6) is 0 Å². The molecule has 22 heavy (non-hydrogen) atoms. The standard InChI is InChI=1S/C19H20O3/c20-13-19-17(21)12-18(22-19)16-8-4-7-15(11-16)10-9-14-5-2-1-3-6-14/h1-11,17-21H,12-13H2/b10-9+/t17-,18+,19+/m0/s1. The first-order valence-corrected chi connectivity index (χ1v) is 7.54. The van der Waals surface area contributed by atoms with E-state index < -0.39 is 12.2 Å². The van der Waals surface area contributed by atoms with Gasteiger partial charge in [0.2, 0.25) is 0 Å². The van der Waals surface area contributed by atoms with Crippen LogP contribution >= 0.6 is 0 Å². The van der Waals surface area contributed by atoms with Crippen molar-refractivity contribution in [3.05, 3.63) is 71.3 Å². The molecule has 0 saturated carbocycles. The Hall–Kier alpha value is -1.94. The fourth-order valence-corrected chi connectivity index (χ4v) is 2.73. The quantitative estimate of drug-likeness (QED) is 0.853. The summed E-state index contributed by atoms with van der Waals surface area (Å²) in [6, 6.07) is 18.2. The molecule has 1 saturated heterocycles. The summed E-state index contributed by atoms with van der Waals surface area (Å²) in [5.74, 6) is 0. The predicted molar refractivity (Wildman–Crippen MR) is 87.1 cm³/mol. The van der Waals surface area contributed by atoms with Crippen molar-refractivity contribution in [1.29, 1.82) is 0 Å². The van der Waals surface area contributed by atoms with Gasteiger partial charge in [0.05, 0.1) is 18.8 Å². The van der Waals surface area contributed by atoms with Gasteiger partial charge >= 0.3 is 0 Å².